The topological polar surface area (TPSA) is 125 Å². The van der Waals surface area contributed by atoms with E-state index < -0.39 is 39.1 Å². The van der Waals surface area contributed by atoms with Crippen LogP contribution in [-0.2, 0) is 28.2 Å². The van der Waals surface area contributed by atoms with E-state index in [1.54, 1.807) is 6.92 Å². The number of carbonyl (C=O) groups excluding carboxylic acids is 2. The van der Waals surface area contributed by atoms with Gasteiger partial charge >= 0.3 is 71.1 Å². The van der Waals surface area contributed by atoms with Crippen molar-refractivity contribution in [2.24, 2.45) is 0 Å². The Morgan fingerprint density at radius 3 is 1.71 bits per heavy atom. The summed E-state index contributed by atoms with van der Waals surface area (Å²) in [5, 5.41) is 0. The van der Waals surface area contributed by atoms with Gasteiger partial charge in [0.1, 0.15) is 6.61 Å². The molecule has 0 rings (SSSR count). The molecule has 0 saturated heterocycles. The van der Waals surface area contributed by atoms with Crippen LogP contribution in [0.2, 0.25) is 0 Å². The Kier molecular flexibility index (Phi) is 25.4. The van der Waals surface area contributed by atoms with Gasteiger partial charge in [0.25, 0.3) is 0 Å². The summed E-state index contributed by atoms with van der Waals surface area (Å²) in [6, 6.07) is 0. The Bertz CT molecular complexity index is 1360. The van der Waals surface area contributed by atoms with Crippen LogP contribution in [0.1, 0.15) is 6.92 Å². The maximum absolute atomic E-state index is 11.6. The van der Waals surface area contributed by atoms with Crippen LogP contribution >= 0.6 is 7.82 Å². The molecular weight excluding hydrogens is 493 g/mol. The van der Waals surface area contributed by atoms with Crippen molar-refractivity contribution < 1.29 is 97.1 Å². The molecule has 0 amide bonds. The third kappa shape index (κ3) is 27.2. The van der Waals surface area contributed by atoms with E-state index in [2.05, 4.69) is 87.4 Å². The second kappa shape index (κ2) is 24.2. The summed E-state index contributed by atoms with van der Waals surface area (Å²) in [4.78, 5) is 44.5. The van der Waals surface area contributed by atoms with E-state index in [0.717, 1.165) is 0 Å². The molecule has 8 nitrogen and oxygen atoms in total. The zero-order chi connectivity index (χ0) is 24.8. The van der Waals surface area contributed by atoms with Gasteiger partial charge in [-0.15, -0.1) is 6.42 Å². The first-order valence-corrected chi connectivity index (χ1v) is 9.68. The average molecular weight is 502 g/mol. The van der Waals surface area contributed by atoms with Crippen LogP contribution < -0.4 is 68.9 Å². The first-order chi connectivity index (χ1) is 15.8. The Balaban J connectivity index is -0.00000512. The molecule has 11 heteroatoms. The predicted octanol–water partition coefficient (Wildman–Crippen LogP) is -8.03. The number of terminal acetylenes is 1. The van der Waals surface area contributed by atoms with Gasteiger partial charge in [-0.3, -0.25) is 0 Å². The van der Waals surface area contributed by atoms with E-state index >= 15 is 0 Å². The molecule has 1 atom stereocenters. The summed E-state index contributed by atoms with van der Waals surface area (Å²) >= 11 is 0. The number of rotatable bonds is 6. The summed E-state index contributed by atoms with van der Waals surface area (Å²) in [5.41, 5.74) is 0. The molecule has 35 heavy (non-hydrogen) atoms. The molecule has 0 aliphatic rings. The van der Waals surface area contributed by atoms with Crippen LogP contribution in [0.4, 0.5) is 0 Å². The van der Waals surface area contributed by atoms with Crippen LogP contribution in [0.3, 0.4) is 0 Å². The first kappa shape index (κ1) is 36.7. The Hall–Kier alpha value is -2.91. The monoisotopic (exact) mass is 502 g/mol. The molecule has 0 aliphatic carbocycles. The number of ether oxygens (including phenoxy) is 2. The maximum atomic E-state index is 11.6. The molecule has 0 bridgehead atoms. The van der Waals surface area contributed by atoms with E-state index in [0.29, 0.717) is 0 Å². The fraction of sp³-hybridized carbons (Fsp3) is 0.167. The van der Waals surface area contributed by atoms with Crippen molar-refractivity contribution >= 4 is 19.8 Å². The molecule has 0 heterocycles. The SMILES string of the molecule is C#CC#CC#CC#CC(=O)O[C@H](COC(=O)C#CC#CC#CC#CC#CC)COP(=O)([O-])[O-].[Na+].[Na+]. The van der Waals surface area contributed by atoms with Gasteiger partial charge in [-0.1, -0.05) is 5.92 Å². The van der Waals surface area contributed by atoms with Crippen LogP contribution in [0.5, 0.6) is 0 Å². The van der Waals surface area contributed by atoms with Gasteiger partial charge in [0.2, 0.25) is 0 Å². The Morgan fingerprint density at radius 2 is 1.23 bits per heavy atom. The Labute approximate surface area is 248 Å². The van der Waals surface area contributed by atoms with Crippen molar-refractivity contribution in [3.05, 3.63) is 0 Å². The number of hydrogen-bond donors (Lipinski definition) is 0. The van der Waals surface area contributed by atoms with E-state index in [9.17, 15) is 23.9 Å². The summed E-state index contributed by atoms with van der Waals surface area (Å²) in [6.45, 7) is 0.00477. The van der Waals surface area contributed by atoms with Gasteiger partial charge in [0, 0.05) is 11.8 Å². The molecule has 0 aliphatic heterocycles. The van der Waals surface area contributed by atoms with E-state index in [1.807, 2.05) is 17.8 Å². The molecule has 0 saturated carbocycles. The van der Waals surface area contributed by atoms with Crippen LogP contribution in [0.15, 0.2) is 0 Å². The van der Waals surface area contributed by atoms with Crippen LogP contribution in [-0.4, -0.2) is 31.3 Å². The zero-order valence-electron chi connectivity index (χ0n) is 18.8. The first-order valence-electron chi connectivity index (χ1n) is 8.22. The summed E-state index contributed by atoms with van der Waals surface area (Å²) in [6.07, 6.45) is 3.40. The molecule has 0 spiro atoms. The quantitative estimate of drug-likeness (QED) is 0.115. The summed E-state index contributed by atoms with van der Waals surface area (Å²) in [5.74, 6) is 35.9. The van der Waals surface area contributed by atoms with Crippen molar-refractivity contribution in [1.29, 1.82) is 0 Å². The molecule has 0 fully saturated rings. The van der Waals surface area contributed by atoms with Crippen molar-refractivity contribution in [2.75, 3.05) is 13.2 Å². The van der Waals surface area contributed by atoms with E-state index in [-0.39, 0.29) is 59.1 Å². The molecule has 0 aromatic carbocycles. The fourth-order valence-electron chi connectivity index (χ4n) is 1.22. The standard InChI is InChI=1S/C24H11O8P.2Na/c1-3-5-7-9-11-12-13-15-16-18-23(25)30-20-22(21-31-33(27,28)29)32-24(26)19-17-14-10-8-6-4-2;;/h2,22H,20-21H2,1H3,(H2,27,28,29);;/q;2*+1/p-2/t22-;;/m1../s1. The third-order valence-electron chi connectivity index (χ3n) is 2.31. The van der Waals surface area contributed by atoms with Crippen molar-refractivity contribution in [2.45, 2.75) is 13.0 Å². The molecule has 0 N–H and O–H groups in total. The van der Waals surface area contributed by atoms with Gasteiger partial charge in [-0.05, 0) is 89.8 Å². The minimum atomic E-state index is -5.38. The summed E-state index contributed by atoms with van der Waals surface area (Å²) < 4.78 is 24.1. The second-order valence-corrected chi connectivity index (χ2v) is 5.79. The average Bonchev–Trinajstić information content (AvgIpc) is 2.76. The Morgan fingerprint density at radius 1 is 0.771 bits per heavy atom. The van der Waals surface area contributed by atoms with Gasteiger partial charge in [0.05, 0.1) is 14.4 Å². The largest absolute Gasteiger partial charge is 1.00 e. The van der Waals surface area contributed by atoms with Crippen LogP contribution in [0.25, 0.3) is 0 Å². The number of phosphoric ester groups is 1. The van der Waals surface area contributed by atoms with Gasteiger partial charge in [0.15, 0.2) is 6.10 Å². The molecule has 0 aromatic heterocycles. The van der Waals surface area contributed by atoms with Gasteiger partial charge < -0.3 is 28.3 Å². The molecule has 0 unspecified atom stereocenters. The molecule has 160 valence electrons. The maximum Gasteiger partial charge on any atom is 1.00 e. The minimum absolute atomic E-state index is 0. The fourth-order valence-corrected chi connectivity index (χ4v) is 1.57. The molecular formula is C24H9Na2O8P. The number of esters is 2. The number of carbonyl (C=O) groups is 2. The second-order valence-electron chi connectivity index (χ2n) is 4.64. The van der Waals surface area contributed by atoms with Crippen LogP contribution in [0, 0.1) is 107 Å². The van der Waals surface area contributed by atoms with E-state index in [1.165, 1.54) is 0 Å². The van der Waals surface area contributed by atoms with Crippen molar-refractivity contribution in [3.63, 3.8) is 0 Å². The molecule has 0 aromatic rings. The third-order valence-corrected chi connectivity index (χ3v) is 2.77. The van der Waals surface area contributed by atoms with Gasteiger partial charge in [-0.2, -0.15) is 0 Å². The number of hydrogen-bond acceptors (Lipinski definition) is 8. The van der Waals surface area contributed by atoms with Gasteiger partial charge in [-0.25, -0.2) is 9.59 Å². The smallest absolute Gasteiger partial charge is 0.790 e. The van der Waals surface area contributed by atoms with Crippen molar-refractivity contribution in [3.8, 4) is 107 Å². The predicted molar refractivity (Wildman–Crippen MR) is 111 cm³/mol. The normalized spacial score (nSPS) is 7.83. The zero-order valence-corrected chi connectivity index (χ0v) is 23.7. The number of phosphoric acid groups is 1. The molecule has 0 radical (unpaired) electrons. The van der Waals surface area contributed by atoms with E-state index in [4.69, 9.17) is 15.9 Å². The minimum Gasteiger partial charge on any atom is -0.790 e. The van der Waals surface area contributed by atoms with Crippen molar-refractivity contribution in [1.82, 2.24) is 0 Å². The summed E-state index contributed by atoms with van der Waals surface area (Å²) in [7, 11) is -5.38.